The molecule has 0 saturated carbocycles. The number of nitrogens with zero attached hydrogens (tertiary/aromatic N) is 1. The Bertz CT molecular complexity index is 565. The number of carboxylic acids is 1. The SMILES string of the molecule is CN(CCC(=O)O)C(=O)C(C)(C)Cc1ccc(C(F)(F)F)cc1. The number of alkyl halides is 3. The Morgan fingerprint density at radius 2 is 1.65 bits per heavy atom. The summed E-state index contributed by atoms with van der Waals surface area (Å²) in [5.74, 6) is -1.25. The lowest BCUT2D eigenvalue weighted by atomic mass is 9.84. The fraction of sp³-hybridized carbons (Fsp3) is 0.500. The molecule has 23 heavy (non-hydrogen) atoms. The summed E-state index contributed by atoms with van der Waals surface area (Å²) in [7, 11) is 1.51. The summed E-state index contributed by atoms with van der Waals surface area (Å²) in [4.78, 5) is 24.2. The molecule has 1 N–H and O–H groups in total. The lowest BCUT2D eigenvalue weighted by molar-refractivity contribution is -0.141. The van der Waals surface area contributed by atoms with Crippen molar-refractivity contribution in [2.75, 3.05) is 13.6 Å². The molecule has 0 unspecified atom stereocenters. The summed E-state index contributed by atoms with van der Waals surface area (Å²) < 4.78 is 37.6. The molecule has 0 aromatic heterocycles. The minimum absolute atomic E-state index is 0.0879. The second-order valence-electron chi connectivity index (χ2n) is 6.13. The molecule has 0 aliphatic carbocycles. The van der Waals surface area contributed by atoms with Gasteiger partial charge in [0.1, 0.15) is 0 Å². The Hall–Kier alpha value is -2.05. The number of hydrogen-bond donors (Lipinski definition) is 1. The Kier molecular flexibility index (Phi) is 5.80. The van der Waals surface area contributed by atoms with Crippen molar-refractivity contribution < 1.29 is 27.9 Å². The van der Waals surface area contributed by atoms with Gasteiger partial charge in [0.15, 0.2) is 0 Å². The Morgan fingerprint density at radius 1 is 1.13 bits per heavy atom. The van der Waals surface area contributed by atoms with E-state index >= 15 is 0 Å². The summed E-state index contributed by atoms with van der Waals surface area (Å²) in [6.45, 7) is 3.46. The van der Waals surface area contributed by atoms with E-state index in [-0.39, 0.29) is 25.3 Å². The zero-order valence-corrected chi connectivity index (χ0v) is 13.3. The first kappa shape index (κ1) is 19.0. The molecule has 4 nitrogen and oxygen atoms in total. The van der Waals surface area contributed by atoms with Crippen LogP contribution in [-0.2, 0) is 22.2 Å². The molecule has 1 aromatic carbocycles. The Labute approximate surface area is 132 Å². The Balaban J connectivity index is 2.77. The van der Waals surface area contributed by atoms with Gasteiger partial charge in [0.05, 0.1) is 12.0 Å². The monoisotopic (exact) mass is 331 g/mol. The number of benzene rings is 1. The fourth-order valence-electron chi connectivity index (χ4n) is 2.28. The van der Waals surface area contributed by atoms with Crippen molar-refractivity contribution in [3.63, 3.8) is 0 Å². The van der Waals surface area contributed by atoms with Crippen LogP contribution in [0.5, 0.6) is 0 Å². The average molecular weight is 331 g/mol. The van der Waals surface area contributed by atoms with Gasteiger partial charge in [0, 0.05) is 19.0 Å². The van der Waals surface area contributed by atoms with Crippen LogP contribution in [0.2, 0.25) is 0 Å². The van der Waals surface area contributed by atoms with E-state index in [1.807, 2.05) is 0 Å². The number of carbonyl (C=O) groups excluding carboxylic acids is 1. The minimum atomic E-state index is -4.39. The molecule has 0 bridgehead atoms. The molecule has 1 amide bonds. The molecule has 7 heteroatoms. The van der Waals surface area contributed by atoms with E-state index in [9.17, 15) is 22.8 Å². The van der Waals surface area contributed by atoms with Gasteiger partial charge in [-0.1, -0.05) is 26.0 Å². The maximum absolute atomic E-state index is 12.5. The van der Waals surface area contributed by atoms with E-state index in [1.165, 1.54) is 24.1 Å². The lowest BCUT2D eigenvalue weighted by Crippen LogP contribution is -2.40. The van der Waals surface area contributed by atoms with Gasteiger partial charge in [-0.2, -0.15) is 13.2 Å². The largest absolute Gasteiger partial charge is 0.481 e. The summed E-state index contributed by atoms with van der Waals surface area (Å²) in [5, 5.41) is 8.64. The van der Waals surface area contributed by atoms with Crippen molar-refractivity contribution in [1.82, 2.24) is 4.90 Å². The van der Waals surface area contributed by atoms with Crippen LogP contribution >= 0.6 is 0 Å². The van der Waals surface area contributed by atoms with Crippen LogP contribution in [0, 0.1) is 5.41 Å². The number of amides is 1. The van der Waals surface area contributed by atoms with E-state index in [2.05, 4.69) is 0 Å². The quantitative estimate of drug-likeness (QED) is 0.871. The highest BCUT2D eigenvalue weighted by molar-refractivity contribution is 5.82. The van der Waals surface area contributed by atoms with Crippen molar-refractivity contribution in [3.05, 3.63) is 35.4 Å². The summed E-state index contributed by atoms with van der Waals surface area (Å²) >= 11 is 0. The summed E-state index contributed by atoms with van der Waals surface area (Å²) in [6.07, 6.45) is -4.28. The predicted octanol–water partition coefficient (Wildman–Crippen LogP) is 3.21. The van der Waals surface area contributed by atoms with Gasteiger partial charge in [0.25, 0.3) is 0 Å². The second kappa shape index (κ2) is 7.02. The predicted molar refractivity (Wildman–Crippen MR) is 78.8 cm³/mol. The molecule has 0 aliphatic heterocycles. The first-order valence-electron chi connectivity index (χ1n) is 7.07. The average Bonchev–Trinajstić information content (AvgIpc) is 2.43. The van der Waals surface area contributed by atoms with Crippen LogP contribution < -0.4 is 0 Å². The molecule has 128 valence electrons. The number of carbonyl (C=O) groups is 2. The molecule has 1 aromatic rings. The zero-order chi connectivity index (χ0) is 17.8. The molecular weight excluding hydrogens is 311 g/mol. The number of aliphatic carboxylic acids is 1. The molecule has 0 aliphatic rings. The van der Waals surface area contributed by atoms with E-state index < -0.39 is 23.1 Å². The van der Waals surface area contributed by atoms with Crippen LogP contribution in [0.1, 0.15) is 31.4 Å². The third-order valence-electron chi connectivity index (χ3n) is 3.51. The molecular formula is C16H20F3NO3. The van der Waals surface area contributed by atoms with Gasteiger partial charge in [-0.05, 0) is 24.1 Å². The third-order valence-corrected chi connectivity index (χ3v) is 3.51. The molecule has 0 heterocycles. The van der Waals surface area contributed by atoms with E-state index in [0.717, 1.165) is 12.1 Å². The lowest BCUT2D eigenvalue weighted by Gasteiger charge is -2.29. The maximum atomic E-state index is 12.5. The number of hydrogen-bond acceptors (Lipinski definition) is 2. The summed E-state index contributed by atoms with van der Waals surface area (Å²) in [5.41, 5.74) is -0.959. The van der Waals surface area contributed by atoms with Crippen LogP contribution in [0.3, 0.4) is 0 Å². The van der Waals surface area contributed by atoms with Gasteiger partial charge in [-0.25, -0.2) is 0 Å². The van der Waals surface area contributed by atoms with Crippen molar-refractivity contribution in [2.45, 2.75) is 32.9 Å². The van der Waals surface area contributed by atoms with Crippen LogP contribution in [0.15, 0.2) is 24.3 Å². The normalized spacial score (nSPS) is 12.1. The smallest absolute Gasteiger partial charge is 0.416 e. The first-order chi connectivity index (χ1) is 10.4. The number of carboxylic acid groups (broad SMARTS) is 1. The maximum Gasteiger partial charge on any atom is 0.416 e. The van der Waals surface area contributed by atoms with Gasteiger partial charge >= 0.3 is 12.1 Å². The topological polar surface area (TPSA) is 57.6 Å². The van der Waals surface area contributed by atoms with Crippen LogP contribution in [0.25, 0.3) is 0 Å². The zero-order valence-electron chi connectivity index (χ0n) is 13.3. The van der Waals surface area contributed by atoms with Crippen molar-refractivity contribution in [1.29, 1.82) is 0 Å². The van der Waals surface area contributed by atoms with E-state index in [0.29, 0.717) is 5.56 Å². The highest BCUT2D eigenvalue weighted by atomic mass is 19.4. The van der Waals surface area contributed by atoms with Gasteiger partial charge in [-0.3, -0.25) is 9.59 Å². The fourth-order valence-corrected chi connectivity index (χ4v) is 2.28. The number of rotatable bonds is 6. The Morgan fingerprint density at radius 3 is 2.09 bits per heavy atom. The highest BCUT2D eigenvalue weighted by Gasteiger charge is 2.32. The first-order valence-corrected chi connectivity index (χ1v) is 7.07. The van der Waals surface area contributed by atoms with E-state index in [4.69, 9.17) is 5.11 Å². The van der Waals surface area contributed by atoms with Gasteiger partial charge < -0.3 is 10.0 Å². The molecule has 1 rings (SSSR count). The van der Waals surface area contributed by atoms with Crippen LogP contribution in [0.4, 0.5) is 13.2 Å². The second-order valence-corrected chi connectivity index (χ2v) is 6.13. The van der Waals surface area contributed by atoms with Crippen molar-refractivity contribution in [2.24, 2.45) is 5.41 Å². The molecule has 0 saturated heterocycles. The highest BCUT2D eigenvalue weighted by Crippen LogP contribution is 2.30. The molecule has 0 radical (unpaired) electrons. The number of halogens is 3. The van der Waals surface area contributed by atoms with Crippen molar-refractivity contribution in [3.8, 4) is 0 Å². The minimum Gasteiger partial charge on any atom is -0.481 e. The van der Waals surface area contributed by atoms with E-state index in [1.54, 1.807) is 13.8 Å². The van der Waals surface area contributed by atoms with Crippen LogP contribution in [-0.4, -0.2) is 35.5 Å². The molecule has 0 fully saturated rings. The van der Waals surface area contributed by atoms with Crippen molar-refractivity contribution >= 4 is 11.9 Å². The summed E-state index contributed by atoms with van der Waals surface area (Å²) in [6, 6.07) is 4.69. The third kappa shape index (κ3) is 5.58. The standard InChI is InChI=1S/C16H20F3NO3/c1-15(2,14(23)20(3)9-8-13(21)22)10-11-4-6-12(7-5-11)16(17,18)19/h4-7H,8-10H2,1-3H3,(H,21,22). The van der Waals surface area contributed by atoms with Gasteiger partial charge in [-0.15, -0.1) is 0 Å². The van der Waals surface area contributed by atoms with Gasteiger partial charge in [0.2, 0.25) is 5.91 Å². The molecule has 0 spiro atoms. The molecule has 0 atom stereocenters.